The van der Waals surface area contributed by atoms with E-state index in [9.17, 15) is 0 Å². The van der Waals surface area contributed by atoms with Gasteiger partial charge in [0, 0.05) is 23.7 Å². The minimum Gasteiger partial charge on any atom is -0.372 e. The average Bonchev–Trinajstić information content (AvgIpc) is 2.42. The Morgan fingerprint density at radius 1 is 1.10 bits per heavy atom. The summed E-state index contributed by atoms with van der Waals surface area (Å²) in [6.45, 7) is 10.4. The van der Waals surface area contributed by atoms with Crippen molar-refractivity contribution in [2.75, 3.05) is 13.2 Å². The molecule has 0 aliphatic heterocycles. The van der Waals surface area contributed by atoms with E-state index in [2.05, 4.69) is 45.1 Å². The molecule has 0 radical (unpaired) electrons. The molecule has 0 aromatic heterocycles. The number of rotatable bonds is 9. The summed E-state index contributed by atoms with van der Waals surface area (Å²) < 4.78 is 6.10. The molecule has 0 heterocycles. The van der Waals surface area contributed by atoms with E-state index in [0.717, 1.165) is 24.6 Å². The number of nitrogens with one attached hydrogen (secondary N) is 1. The van der Waals surface area contributed by atoms with E-state index in [1.165, 1.54) is 24.8 Å². The second-order valence-corrected chi connectivity index (χ2v) is 7.04. The normalized spacial score (nSPS) is 13.4. The van der Waals surface area contributed by atoms with Gasteiger partial charge in [-0.05, 0) is 44.9 Å². The highest BCUT2D eigenvalue weighted by Gasteiger charge is 2.16. The Hall–Kier alpha value is -0.570. The highest BCUT2D eigenvalue weighted by Crippen LogP contribution is 2.20. The maximum atomic E-state index is 6.10. The number of hydrogen-bond acceptors (Lipinski definition) is 2. The third-order valence-corrected chi connectivity index (χ3v) is 3.63. The largest absolute Gasteiger partial charge is 0.372 e. The first-order chi connectivity index (χ1) is 9.92. The quantitative estimate of drug-likeness (QED) is 0.619. The Balaban J connectivity index is 2.55. The van der Waals surface area contributed by atoms with Crippen LogP contribution in [0.3, 0.4) is 0 Å². The lowest BCUT2D eigenvalue weighted by Crippen LogP contribution is -2.39. The van der Waals surface area contributed by atoms with Crippen LogP contribution in [0.15, 0.2) is 24.3 Å². The summed E-state index contributed by atoms with van der Waals surface area (Å²) in [5, 5.41) is 4.30. The smallest absolute Gasteiger partial charge is 0.0949 e. The molecule has 2 nitrogen and oxygen atoms in total. The summed E-state index contributed by atoms with van der Waals surface area (Å²) in [4.78, 5) is 0. The summed E-state index contributed by atoms with van der Waals surface area (Å²) in [7, 11) is 0. The fourth-order valence-corrected chi connectivity index (χ4v) is 2.23. The molecular weight excluding hydrogens is 282 g/mol. The molecule has 1 atom stereocenters. The lowest BCUT2D eigenvalue weighted by molar-refractivity contribution is 0.0457. The van der Waals surface area contributed by atoms with Crippen molar-refractivity contribution in [3.05, 3.63) is 34.9 Å². The fraction of sp³-hybridized carbons (Fsp3) is 0.667. The van der Waals surface area contributed by atoms with Crippen LogP contribution in [-0.4, -0.2) is 18.7 Å². The molecule has 120 valence electrons. The minimum absolute atomic E-state index is 0.0862. The van der Waals surface area contributed by atoms with E-state index in [1.807, 2.05) is 12.1 Å². The van der Waals surface area contributed by atoms with Crippen molar-refractivity contribution in [3.63, 3.8) is 0 Å². The second kappa shape index (κ2) is 9.45. The van der Waals surface area contributed by atoms with Crippen LogP contribution in [-0.2, 0) is 4.74 Å². The Morgan fingerprint density at radius 2 is 1.76 bits per heavy atom. The van der Waals surface area contributed by atoms with E-state index in [1.54, 1.807) is 0 Å². The van der Waals surface area contributed by atoms with Crippen LogP contribution in [0.4, 0.5) is 0 Å². The second-order valence-electron chi connectivity index (χ2n) is 6.60. The van der Waals surface area contributed by atoms with Gasteiger partial charge in [0.1, 0.15) is 0 Å². The first kappa shape index (κ1) is 18.5. The highest BCUT2D eigenvalue weighted by atomic mass is 35.5. The molecule has 1 rings (SSSR count). The molecule has 1 N–H and O–H groups in total. The van der Waals surface area contributed by atoms with Crippen LogP contribution in [0, 0.1) is 0 Å². The molecule has 0 saturated carbocycles. The molecule has 1 aromatic rings. The zero-order chi connectivity index (χ0) is 15.7. The van der Waals surface area contributed by atoms with Crippen molar-refractivity contribution in [2.24, 2.45) is 0 Å². The predicted octanol–water partition coefficient (Wildman–Crippen LogP) is 5.37. The van der Waals surface area contributed by atoms with E-state index in [-0.39, 0.29) is 11.6 Å². The van der Waals surface area contributed by atoms with Crippen LogP contribution in [0.25, 0.3) is 0 Å². The van der Waals surface area contributed by atoms with Gasteiger partial charge >= 0.3 is 0 Å². The number of halogens is 1. The Bertz CT molecular complexity index is 383. The molecule has 0 bridgehead atoms. The van der Waals surface area contributed by atoms with Gasteiger partial charge < -0.3 is 10.1 Å². The number of unbranched alkanes of at least 4 members (excludes halogenated alkanes) is 3. The minimum atomic E-state index is 0.0862. The fourth-order valence-electron chi connectivity index (χ4n) is 2.10. The lowest BCUT2D eigenvalue weighted by Gasteiger charge is -2.26. The van der Waals surface area contributed by atoms with Gasteiger partial charge in [-0.25, -0.2) is 0 Å². The molecular formula is C18H30ClNO. The topological polar surface area (TPSA) is 21.3 Å². The Labute approximate surface area is 135 Å². The van der Waals surface area contributed by atoms with Crippen LogP contribution < -0.4 is 5.32 Å². The molecule has 1 unspecified atom stereocenters. The van der Waals surface area contributed by atoms with Crippen LogP contribution in [0.2, 0.25) is 5.02 Å². The average molecular weight is 312 g/mol. The van der Waals surface area contributed by atoms with E-state index < -0.39 is 0 Å². The molecule has 21 heavy (non-hydrogen) atoms. The van der Waals surface area contributed by atoms with Gasteiger partial charge in [-0.1, -0.05) is 49.9 Å². The van der Waals surface area contributed by atoms with Gasteiger partial charge in [-0.15, -0.1) is 0 Å². The van der Waals surface area contributed by atoms with Crippen molar-refractivity contribution >= 4 is 11.6 Å². The zero-order valence-electron chi connectivity index (χ0n) is 13.9. The summed E-state index contributed by atoms with van der Waals surface area (Å²) in [5.74, 6) is 0. The first-order valence-electron chi connectivity index (χ1n) is 8.04. The third-order valence-electron chi connectivity index (χ3n) is 3.38. The van der Waals surface area contributed by atoms with Crippen molar-refractivity contribution in [2.45, 2.75) is 65.0 Å². The number of ether oxygens (including phenoxy) is 1. The molecule has 0 spiro atoms. The van der Waals surface area contributed by atoms with Crippen molar-refractivity contribution in [1.29, 1.82) is 0 Å². The lowest BCUT2D eigenvalue weighted by atomic mass is 10.1. The maximum Gasteiger partial charge on any atom is 0.0949 e. The number of hydrogen-bond donors (Lipinski definition) is 1. The molecule has 3 heteroatoms. The van der Waals surface area contributed by atoms with Crippen molar-refractivity contribution in [1.82, 2.24) is 5.32 Å². The monoisotopic (exact) mass is 311 g/mol. The predicted molar refractivity (Wildman–Crippen MR) is 92.0 cm³/mol. The van der Waals surface area contributed by atoms with E-state index in [0.29, 0.717) is 0 Å². The third kappa shape index (κ3) is 8.45. The molecule has 0 aliphatic carbocycles. The SMILES string of the molecule is CCCCCCOC(CNC(C)(C)C)c1ccc(Cl)cc1. The zero-order valence-corrected chi connectivity index (χ0v) is 14.7. The first-order valence-corrected chi connectivity index (χ1v) is 8.42. The van der Waals surface area contributed by atoms with Gasteiger partial charge in [0.05, 0.1) is 6.10 Å². The summed E-state index contributed by atoms with van der Waals surface area (Å²) >= 11 is 5.97. The number of benzene rings is 1. The summed E-state index contributed by atoms with van der Waals surface area (Å²) in [6, 6.07) is 7.98. The van der Waals surface area contributed by atoms with E-state index in [4.69, 9.17) is 16.3 Å². The molecule has 0 fully saturated rings. The van der Waals surface area contributed by atoms with Crippen molar-refractivity contribution < 1.29 is 4.74 Å². The van der Waals surface area contributed by atoms with Gasteiger partial charge in [-0.3, -0.25) is 0 Å². The summed E-state index contributed by atoms with van der Waals surface area (Å²) in [5.41, 5.74) is 1.28. The van der Waals surface area contributed by atoms with Crippen LogP contribution in [0.5, 0.6) is 0 Å². The molecule has 0 saturated heterocycles. The van der Waals surface area contributed by atoms with Gasteiger partial charge in [-0.2, -0.15) is 0 Å². The molecule has 1 aromatic carbocycles. The molecule has 0 amide bonds. The standard InChI is InChI=1S/C18H30ClNO/c1-5-6-7-8-13-21-17(14-20-18(2,3)4)15-9-11-16(19)12-10-15/h9-12,17,20H,5-8,13-14H2,1-4H3. The van der Waals surface area contributed by atoms with Gasteiger partial charge in [0.25, 0.3) is 0 Å². The summed E-state index contributed by atoms with van der Waals surface area (Å²) in [6.07, 6.45) is 5.01. The van der Waals surface area contributed by atoms with Gasteiger partial charge in [0.2, 0.25) is 0 Å². The highest BCUT2D eigenvalue weighted by molar-refractivity contribution is 6.30. The van der Waals surface area contributed by atoms with Crippen molar-refractivity contribution in [3.8, 4) is 0 Å². The van der Waals surface area contributed by atoms with Gasteiger partial charge in [0.15, 0.2) is 0 Å². The van der Waals surface area contributed by atoms with E-state index >= 15 is 0 Å². The van der Waals surface area contributed by atoms with Crippen LogP contribution in [0.1, 0.15) is 65.0 Å². The molecule has 0 aliphatic rings. The van der Waals surface area contributed by atoms with Crippen LogP contribution >= 0.6 is 11.6 Å². The Kier molecular flexibility index (Phi) is 8.31. The maximum absolute atomic E-state index is 6.10. The Morgan fingerprint density at radius 3 is 2.33 bits per heavy atom.